The second-order valence-corrected chi connectivity index (χ2v) is 7.66. The predicted octanol–water partition coefficient (Wildman–Crippen LogP) is 1.88. The van der Waals surface area contributed by atoms with Gasteiger partial charge in [-0.15, -0.1) is 0 Å². The van der Waals surface area contributed by atoms with Crippen LogP contribution in [0.1, 0.15) is 37.8 Å². The van der Waals surface area contributed by atoms with E-state index in [1.807, 2.05) is 19.1 Å². The fourth-order valence-electron chi connectivity index (χ4n) is 3.25. The molecule has 3 unspecified atom stereocenters. The zero-order chi connectivity index (χ0) is 13.6. The third-order valence-electron chi connectivity index (χ3n) is 4.37. The number of rotatable bonds is 3. The minimum atomic E-state index is -3.32. The topological polar surface area (TPSA) is 63.4 Å². The maximum absolute atomic E-state index is 12.6. The van der Waals surface area contributed by atoms with Gasteiger partial charge in [0.15, 0.2) is 0 Å². The Balaban J connectivity index is 1.88. The van der Waals surface area contributed by atoms with Crippen LogP contribution in [-0.2, 0) is 10.0 Å². The van der Waals surface area contributed by atoms with Crippen LogP contribution in [0.2, 0.25) is 0 Å². The van der Waals surface area contributed by atoms with E-state index in [-0.39, 0.29) is 12.1 Å². The lowest BCUT2D eigenvalue weighted by molar-refractivity contribution is 0.333. The van der Waals surface area contributed by atoms with E-state index in [2.05, 4.69) is 0 Å². The largest absolute Gasteiger partial charge is 0.324 e. The second-order valence-electron chi connectivity index (χ2n) is 5.77. The van der Waals surface area contributed by atoms with Crippen LogP contribution in [0.15, 0.2) is 29.2 Å². The van der Waals surface area contributed by atoms with Crippen LogP contribution in [0.4, 0.5) is 0 Å². The molecule has 3 atom stereocenters. The summed E-state index contributed by atoms with van der Waals surface area (Å²) in [5, 5.41) is 0. The molecule has 2 fully saturated rings. The number of piperidine rings is 1. The Labute approximate surface area is 114 Å². The number of nitrogens with two attached hydrogens (primary N) is 1. The third-order valence-corrected chi connectivity index (χ3v) is 6.30. The molecule has 1 saturated heterocycles. The van der Waals surface area contributed by atoms with Gasteiger partial charge in [0.25, 0.3) is 0 Å². The quantitative estimate of drug-likeness (QED) is 0.919. The Bertz CT molecular complexity index is 566. The Morgan fingerprint density at radius 2 is 1.95 bits per heavy atom. The van der Waals surface area contributed by atoms with Gasteiger partial charge >= 0.3 is 0 Å². The van der Waals surface area contributed by atoms with E-state index in [0.29, 0.717) is 17.4 Å². The number of sulfonamides is 1. The molecule has 1 aliphatic heterocycles. The highest BCUT2D eigenvalue weighted by molar-refractivity contribution is 7.89. The molecule has 0 aromatic heterocycles. The number of benzene rings is 1. The van der Waals surface area contributed by atoms with E-state index in [0.717, 1.165) is 18.4 Å². The maximum atomic E-state index is 12.6. The summed E-state index contributed by atoms with van der Waals surface area (Å²) in [5.74, 6) is 0.572. The average molecular weight is 280 g/mol. The van der Waals surface area contributed by atoms with Crippen LogP contribution in [0, 0.1) is 5.92 Å². The molecule has 0 radical (unpaired) electrons. The molecule has 3 rings (SSSR count). The van der Waals surface area contributed by atoms with Crippen LogP contribution in [0.3, 0.4) is 0 Å². The first-order chi connectivity index (χ1) is 8.98. The third kappa shape index (κ3) is 2.20. The van der Waals surface area contributed by atoms with Crippen molar-refractivity contribution in [2.75, 3.05) is 6.54 Å². The smallest absolute Gasteiger partial charge is 0.243 e. The summed E-state index contributed by atoms with van der Waals surface area (Å²) >= 11 is 0. The van der Waals surface area contributed by atoms with Gasteiger partial charge in [0, 0.05) is 18.6 Å². The standard InChI is InChI=1S/C14H20N2O2S/c1-10(15)12-3-6-14(7-4-12)19(17,18)16-9-11-2-5-13(16)8-11/h3-4,6-7,10-11,13H,2,5,8-9,15H2,1H3. The normalized spacial score (nSPS) is 28.7. The Hall–Kier alpha value is -0.910. The zero-order valence-corrected chi connectivity index (χ0v) is 11.9. The molecular weight excluding hydrogens is 260 g/mol. The lowest BCUT2D eigenvalue weighted by atomic mass is 10.1. The summed E-state index contributed by atoms with van der Waals surface area (Å²) in [7, 11) is -3.32. The molecule has 2 bridgehead atoms. The van der Waals surface area contributed by atoms with Crippen molar-refractivity contribution in [3.8, 4) is 0 Å². The van der Waals surface area contributed by atoms with Gasteiger partial charge in [0.05, 0.1) is 4.90 Å². The summed E-state index contributed by atoms with van der Waals surface area (Å²) in [6, 6.07) is 7.14. The number of hydrogen-bond acceptors (Lipinski definition) is 3. The number of fused-ring (bicyclic) bond motifs is 2. The van der Waals surface area contributed by atoms with Gasteiger partial charge in [-0.25, -0.2) is 8.42 Å². The Kier molecular flexibility index (Phi) is 3.15. The zero-order valence-electron chi connectivity index (χ0n) is 11.1. The molecule has 1 aromatic rings. The van der Waals surface area contributed by atoms with Gasteiger partial charge in [-0.1, -0.05) is 12.1 Å². The first-order valence-electron chi connectivity index (χ1n) is 6.86. The van der Waals surface area contributed by atoms with Crippen molar-refractivity contribution in [2.24, 2.45) is 11.7 Å². The minimum Gasteiger partial charge on any atom is -0.324 e. The minimum absolute atomic E-state index is 0.0699. The van der Waals surface area contributed by atoms with Gasteiger partial charge in [0.1, 0.15) is 0 Å². The molecule has 19 heavy (non-hydrogen) atoms. The summed E-state index contributed by atoms with van der Waals surface area (Å²) in [4.78, 5) is 0.393. The molecule has 2 aliphatic rings. The summed E-state index contributed by atoms with van der Waals surface area (Å²) in [5.41, 5.74) is 6.74. The van der Waals surface area contributed by atoms with E-state index < -0.39 is 10.0 Å². The highest BCUT2D eigenvalue weighted by Crippen LogP contribution is 2.40. The van der Waals surface area contributed by atoms with Gasteiger partial charge in [-0.2, -0.15) is 4.31 Å². The first-order valence-corrected chi connectivity index (χ1v) is 8.30. The molecule has 1 aliphatic carbocycles. The van der Waals surface area contributed by atoms with E-state index in [1.54, 1.807) is 16.4 Å². The Morgan fingerprint density at radius 1 is 1.26 bits per heavy atom. The van der Waals surface area contributed by atoms with Gasteiger partial charge in [0.2, 0.25) is 10.0 Å². The highest BCUT2D eigenvalue weighted by Gasteiger charge is 2.44. The molecule has 1 aromatic carbocycles. The molecule has 0 spiro atoms. The second kappa shape index (κ2) is 4.58. The lowest BCUT2D eigenvalue weighted by Crippen LogP contribution is -2.37. The van der Waals surface area contributed by atoms with Crippen LogP contribution < -0.4 is 5.73 Å². The SMILES string of the molecule is CC(N)c1ccc(S(=O)(=O)N2CC3CCC2C3)cc1. The van der Waals surface area contributed by atoms with Crippen LogP contribution >= 0.6 is 0 Å². The summed E-state index contributed by atoms with van der Waals surface area (Å²) in [6.45, 7) is 2.59. The summed E-state index contributed by atoms with van der Waals surface area (Å²) in [6.07, 6.45) is 3.24. The average Bonchev–Trinajstić information content (AvgIpc) is 3.01. The summed E-state index contributed by atoms with van der Waals surface area (Å²) < 4.78 is 26.9. The van der Waals surface area contributed by atoms with Gasteiger partial charge < -0.3 is 5.73 Å². The van der Waals surface area contributed by atoms with Crippen molar-refractivity contribution in [3.63, 3.8) is 0 Å². The van der Waals surface area contributed by atoms with Crippen molar-refractivity contribution in [3.05, 3.63) is 29.8 Å². The van der Waals surface area contributed by atoms with Gasteiger partial charge in [-0.05, 0) is 49.8 Å². The van der Waals surface area contributed by atoms with Crippen molar-refractivity contribution >= 4 is 10.0 Å². The molecule has 0 amide bonds. The van der Waals surface area contributed by atoms with Crippen molar-refractivity contribution < 1.29 is 8.42 Å². The van der Waals surface area contributed by atoms with E-state index in [1.165, 1.54) is 6.42 Å². The predicted molar refractivity (Wildman–Crippen MR) is 74.1 cm³/mol. The molecule has 104 valence electrons. The fourth-order valence-corrected chi connectivity index (χ4v) is 4.99. The number of nitrogens with zero attached hydrogens (tertiary/aromatic N) is 1. The van der Waals surface area contributed by atoms with Gasteiger partial charge in [-0.3, -0.25) is 0 Å². The molecular formula is C14H20N2O2S. The van der Waals surface area contributed by atoms with Crippen LogP contribution in [0.5, 0.6) is 0 Å². The first kappa shape index (κ1) is 13.1. The van der Waals surface area contributed by atoms with Crippen LogP contribution in [0.25, 0.3) is 0 Å². The molecule has 1 heterocycles. The molecule has 5 heteroatoms. The highest BCUT2D eigenvalue weighted by atomic mass is 32.2. The molecule has 2 N–H and O–H groups in total. The van der Waals surface area contributed by atoms with Crippen molar-refractivity contribution in [1.82, 2.24) is 4.31 Å². The maximum Gasteiger partial charge on any atom is 0.243 e. The van der Waals surface area contributed by atoms with Crippen molar-refractivity contribution in [1.29, 1.82) is 0 Å². The van der Waals surface area contributed by atoms with Crippen molar-refractivity contribution in [2.45, 2.75) is 43.2 Å². The van der Waals surface area contributed by atoms with E-state index in [9.17, 15) is 8.42 Å². The molecule has 4 nitrogen and oxygen atoms in total. The number of hydrogen-bond donors (Lipinski definition) is 1. The van der Waals surface area contributed by atoms with E-state index >= 15 is 0 Å². The van der Waals surface area contributed by atoms with E-state index in [4.69, 9.17) is 5.73 Å². The molecule has 1 saturated carbocycles. The van der Waals surface area contributed by atoms with Crippen LogP contribution in [-0.4, -0.2) is 25.3 Å². The lowest BCUT2D eigenvalue weighted by Gasteiger charge is -2.26. The monoisotopic (exact) mass is 280 g/mol. The fraction of sp³-hybridized carbons (Fsp3) is 0.571. The Morgan fingerprint density at radius 3 is 2.42 bits per heavy atom.